The van der Waals surface area contributed by atoms with Crippen LogP contribution in [0.25, 0.3) is 10.9 Å². The van der Waals surface area contributed by atoms with Gasteiger partial charge in [0.1, 0.15) is 0 Å². The van der Waals surface area contributed by atoms with Crippen LogP contribution in [0.1, 0.15) is 12.5 Å². The van der Waals surface area contributed by atoms with E-state index >= 15 is 0 Å². The Morgan fingerprint density at radius 3 is 3.18 bits per heavy atom. The number of aromatic nitrogens is 1. The second-order valence-electron chi connectivity index (χ2n) is 2.69. The third-order valence-corrected chi connectivity index (χ3v) is 1.96. The second-order valence-corrected chi connectivity index (χ2v) is 2.69. The van der Waals surface area contributed by atoms with Crippen LogP contribution in [0.5, 0.6) is 0 Å². The minimum absolute atomic E-state index is 1.09. The molecule has 11 heavy (non-hydrogen) atoms. The average Bonchev–Trinajstić information content (AvgIpc) is 2.50. The Labute approximate surface area is 66.1 Å². The van der Waals surface area contributed by atoms with Gasteiger partial charge in [0.15, 0.2) is 0 Å². The van der Waals surface area contributed by atoms with Gasteiger partial charge in [0, 0.05) is 10.9 Å². The molecular weight excluding hydrogens is 134 g/mol. The minimum atomic E-state index is 1.09. The first kappa shape index (κ1) is 6.47. The third-order valence-electron chi connectivity index (χ3n) is 1.96. The first-order chi connectivity index (χ1) is 5.40. The summed E-state index contributed by atoms with van der Waals surface area (Å²) in [4.78, 5) is 3.07. The Morgan fingerprint density at radius 2 is 2.36 bits per heavy atom. The van der Waals surface area contributed by atoms with Crippen LogP contribution in [-0.2, 0) is 6.42 Å². The molecule has 0 aliphatic heterocycles. The summed E-state index contributed by atoms with van der Waals surface area (Å²) in [5.74, 6) is 0. The van der Waals surface area contributed by atoms with E-state index in [1.165, 1.54) is 16.5 Å². The molecule has 0 saturated carbocycles. The molecule has 2 aromatic rings. The Balaban J connectivity index is 2.67. The van der Waals surface area contributed by atoms with Crippen molar-refractivity contribution in [1.29, 1.82) is 0 Å². The summed E-state index contributed by atoms with van der Waals surface area (Å²) < 4.78 is 0. The maximum absolute atomic E-state index is 3.07. The van der Waals surface area contributed by atoms with Crippen LogP contribution in [0, 0.1) is 6.20 Å². The molecule has 1 aromatic heterocycles. The van der Waals surface area contributed by atoms with E-state index in [4.69, 9.17) is 0 Å². The Bertz CT molecular complexity index is 360. The zero-order chi connectivity index (χ0) is 7.68. The molecule has 0 atom stereocenters. The number of H-pyrrole nitrogens is 1. The van der Waals surface area contributed by atoms with Crippen LogP contribution in [0.2, 0.25) is 0 Å². The molecule has 1 aromatic carbocycles. The molecule has 1 radical (unpaired) electrons. The molecule has 0 aliphatic carbocycles. The molecule has 1 N–H and O–H groups in total. The normalized spacial score (nSPS) is 10.6. The van der Waals surface area contributed by atoms with E-state index in [2.05, 4.69) is 36.3 Å². The number of nitrogens with one attached hydrogen (secondary N) is 1. The van der Waals surface area contributed by atoms with Gasteiger partial charge in [-0.1, -0.05) is 19.1 Å². The fraction of sp³-hybridized carbons (Fsp3) is 0.200. The lowest BCUT2D eigenvalue weighted by atomic mass is 10.1. The predicted molar refractivity (Wildman–Crippen MR) is 46.5 cm³/mol. The Morgan fingerprint density at radius 1 is 1.45 bits per heavy atom. The first-order valence-electron chi connectivity index (χ1n) is 3.88. The van der Waals surface area contributed by atoms with Gasteiger partial charge in [-0.3, -0.25) is 0 Å². The van der Waals surface area contributed by atoms with Gasteiger partial charge in [0.2, 0.25) is 0 Å². The summed E-state index contributed by atoms with van der Waals surface area (Å²) in [6.07, 6.45) is 4.06. The van der Waals surface area contributed by atoms with Crippen molar-refractivity contribution in [3.63, 3.8) is 0 Å². The number of rotatable bonds is 1. The van der Waals surface area contributed by atoms with E-state index in [9.17, 15) is 0 Å². The highest BCUT2D eigenvalue weighted by Gasteiger charge is 1.93. The molecule has 0 unspecified atom stereocenters. The van der Waals surface area contributed by atoms with E-state index in [0.29, 0.717) is 0 Å². The topological polar surface area (TPSA) is 15.8 Å². The molecule has 55 valence electrons. The highest BCUT2D eigenvalue weighted by Crippen LogP contribution is 2.13. The molecule has 2 rings (SSSR count). The summed E-state index contributed by atoms with van der Waals surface area (Å²) in [6.45, 7) is 2.16. The average molecular weight is 144 g/mol. The van der Waals surface area contributed by atoms with E-state index in [-0.39, 0.29) is 0 Å². The highest BCUT2D eigenvalue weighted by atomic mass is 14.7. The van der Waals surface area contributed by atoms with Crippen molar-refractivity contribution in [2.45, 2.75) is 13.3 Å². The zero-order valence-corrected chi connectivity index (χ0v) is 6.52. The molecule has 0 bridgehead atoms. The smallest absolute Gasteiger partial charge is 0.0630 e. The third kappa shape index (κ3) is 1.03. The Hall–Kier alpha value is -1.24. The van der Waals surface area contributed by atoms with Gasteiger partial charge in [-0.05, 0) is 24.1 Å². The lowest BCUT2D eigenvalue weighted by Gasteiger charge is -1.94. The van der Waals surface area contributed by atoms with Crippen molar-refractivity contribution in [2.75, 3.05) is 0 Å². The minimum Gasteiger partial charge on any atom is -0.353 e. The predicted octanol–water partition coefficient (Wildman–Crippen LogP) is 2.53. The fourth-order valence-corrected chi connectivity index (χ4v) is 1.25. The standard InChI is InChI=1S/C10H10N/c1-2-8-3-4-9-5-6-11-10(9)7-8/h3-5,7,11H,2H2,1H3. The molecule has 1 heterocycles. The number of benzene rings is 1. The molecule has 0 aliphatic rings. The van der Waals surface area contributed by atoms with Crippen LogP contribution >= 0.6 is 0 Å². The van der Waals surface area contributed by atoms with Crippen molar-refractivity contribution in [3.05, 3.63) is 36.0 Å². The van der Waals surface area contributed by atoms with Gasteiger partial charge < -0.3 is 4.98 Å². The molecule has 0 amide bonds. The molecule has 0 spiro atoms. The molecular formula is C10H10N. The van der Waals surface area contributed by atoms with E-state index in [1.54, 1.807) is 0 Å². The first-order valence-corrected chi connectivity index (χ1v) is 3.88. The van der Waals surface area contributed by atoms with Crippen LogP contribution in [0.15, 0.2) is 24.3 Å². The molecule has 0 fully saturated rings. The van der Waals surface area contributed by atoms with Gasteiger partial charge in [-0.2, -0.15) is 0 Å². The van der Waals surface area contributed by atoms with Gasteiger partial charge in [-0.15, -0.1) is 0 Å². The lowest BCUT2D eigenvalue weighted by Crippen LogP contribution is -1.77. The van der Waals surface area contributed by atoms with E-state index < -0.39 is 0 Å². The fourth-order valence-electron chi connectivity index (χ4n) is 1.25. The van der Waals surface area contributed by atoms with Gasteiger partial charge >= 0.3 is 0 Å². The van der Waals surface area contributed by atoms with Gasteiger partial charge in [0.25, 0.3) is 0 Å². The maximum atomic E-state index is 3.07. The summed E-state index contributed by atoms with van der Waals surface area (Å²) in [6, 6.07) is 8.42. The number of aromatic amines is 1. The summed E-state index contributed by atoms with van der Waals surface area (Å²) >= 11 is 0. The summed E-state index contributed by atoms with van der Waals surface area (Å²) in [7, 11) is 0. The van der Waals surface area contributed by atoms with Crippen LogP contribution < -0.4 is 0 Å². The SMILES string of the molecule is CCc1ccc2c[c][nH]c2c1. The van der Waals surface area contributed by atoms with Crippen molar-refractivity contribution in [2.24, 2.45) is 0 Å². The van der Waals surface area contributed by atoms with E-state index in [0.717, 1.165) is 6.42 Å². The number of hydrogen-bond acceptors (Lipinski definition) is 0. The molecule has 1 heteroatoms. The lowest BCUT2D eigenvalue weighted by molar-refractivity contribution is 1.14. The number of hydrogen-bond donors (Lipinski definition) is 1. The van der Waals surface area contributed by atoms with Gasteiger partial charge in [0.05, 0.1) is 6.20 Å². The zero-order valence-electron chi connectivity index (χ0n) is 6.52. The van der Waals surface area contributed by atoms with Crippen molar-refractivity contribution < 1.29 is 0 Å². The summed E-state index contributed by atoms with van der Waals surface area (Å²) in [5.41, 5.74) is 2.55. The van der Waals surface area contributed by atoms with Crippen molar-refractivity contribution in [1.82, 2.24) is 4.98 Å². The summed E-state index contributed by atoms with van der Waals surface area (Å²) in [5, 5.41) is 1.24. The maximum Gasteiger partial charge on any atom is 0.0630 e. The quantitative estimate of drug-likeness (QED) is 0.633. The monoisotopic (exact) mass is 144 g/mol. The van der Waals surface area contributed by atoms with Crippen molar-refractivity contribution >= 4 is 10.9 Å². The Kier molecular flexibility index (Phi) is 1.42. The highest BCUT2D eigenvalue weighted by molar-refractivity contribution is 5.79. The molecule has 0 saturated heterocycles. The second kappa shape index (κ2) is 2.42. The van der Waals surface area contributed by atoms with Crippen LogP contribution in [-0.4, -0.2) is 4.98 Å². The van der Waals surface area contributed by atoms with Gasteiger partial charge in [-0.25, -0.2) is 0 Å². The number of fused-ring (bicyclic) bond motifs is 1. The largest absolute Gasteiger partial charge is 0.353 e. The number of aryl methyl sites for hydroxylation is 1. The molecule has 1 nitrogen and oxygen atoms in total. The van der Waals surface area contributed by atoms with Crippen molar-refractivity contribution in [3.8, 4) is 0 Å². The van der Waals surface area contributed by atoms with Crippen LogP contribution in [0.3, 0.4) is 0 Å². The van der Waals surface area contributed by atoms with E-state index in [1.807, 2.05) is 6.07 Å². The van der Waals surface area contributed by atoms with Crippen LogP contribution in [0.4, 0.5) is 0 Å².